The molecule has 0 unspecified atom stereocenters. The van der Waals surface area contributed by atoms with Crippen molar-refractivity contribution >= 4 is 19.9 Å². The molecule has 0 atom stereocenters. The lowest BCUT2D eigenvalue weighted by atomic mass is 10.1. The van der Waals surface area contributed by atoms with Crippen LogP contribution in [0.15, 0.2) is 66.7 Å². The maximum atomic E-state index is 12.4. The molecule has 0 heterocycles. The van der Waals surface area contributed by atoms with Gasteiger partial charge in [-0.15, -0.1) is 0 Å². The molecule has 0 aliphatic rings. The number of benzene rings is 2. The minimum absolute atomic E-state index is 0.0345. The normalized spacial score (nSPS) is 12.0. The first kappa shape index (κ1) is 15.3. The summed E-state index contributed by atoms with van der Waals surface area (Å²) in [6.07, 6.45) is 1.60. The number of hydrogen-bond acceptors (Lipinski definition) is 2. The highest BCUT2D eigenvalue weighted by atomic mass is 28.4. The van der Waals surface area contributed by atoms with Crippen molar-refractivity contribution < 1.29 is 9.22 Å². The van der Waals surface area contributed by atoms with E-state index in [1.165, 1.54) is 0 Å². The lowest BCUT2D eigenvalue weighted by Gasteiger charge is -2.22. The average molecular weight is 296 g/mol. The van der Waals surface area contributed by atoms with Gasteiger partial charge in [0.2, 0.25) is 8.32 Å². The van der Waals surface area contributed by atoms with Gasteiger partial charge in [0.25, 0.3) is 0 Å². The van der Waals surface area contributed by atoms with Gasteiger partial charge in [0.1, 0.15) is 5.76 Å². The Balaban J connectivity index is 2.36. The highest BCUT2D eigenvalue weighted by Crippen LogP contribution is 2.21. The second kappa shape index (κ2) is 6.55. The van der Waals surface area contributed by atoms with Gasteiger partial charge in [-0.05, 0) is 19.6 Å². The zero-order valence-electron chi connectivity index (χ0n) is 12.7. The van der Waals surface area contributed by atoms with Gasteiger partial charge in [-0.2, -0.15) is 0 Å². The van der Waals surface area contributed by atoms with Crippen LogP contribution in [-0.2, 0) is 4.43 Å². The fourth-order valence-electron chi connectivity index (χ4n) is 1.91. The van der Waals surface area contributed by atoms with E-state index in [0.717, 1.165) is 5.56 Å². The van der Waals surface area contributed by atoms with Crippen LogP contribution in [0.3, 0.4) is 0 Å². The fourth-order valence-corrected chi connectivity index (χ4v) is 2.75. The Bertz CT molecular complexity index is 625. The molecular formula is C18H20O2Si. The molecular weight excluding hydrogens is 276 g/mol. The van der Waals surface area contributed by atoms with Gasteiger partial charge in [0.15, 0.2) is 5.78 Å². The van der Waals surface area contributed by atoms with E-state index >= 15 is 0 Å². The van der Waals surface area contributed by atoms with Gasteiger partial charge in [-0.3, -0.25) is 4.79 Å². The van der Waals surface area contributed by atoms with E-state index in [1.807, 2.05) is 60.7 Å². The molecule has 3 heteroatoms. The minimum Gasteiger partial charge on any atom is -0.544 e. The molecule has 0 saturated carbocycles. The minimum atomic E-state index is -1.79. The first-order valence-electron chi connectivity index (χ1n) is 7.01. The Morgan fingerprint density at radius 2 is 1.33 bits per heavy atom. The number of allylic oxidation sites excluding steroid dienone is 1. The zero-order valence-corrected chi connectivity index (χ0v) is 13.7. The number of hydrogen-bond donors (Lipinski definition) is 0. The van der Waals surface area contributed by atoms with Crippen molar-refractivity contribution in [1.82, 2.24) is 0 Å². The highest BCUT2D eigenvalue weighted by molar-refractivity contribution is 6.70. The second-order valence-electron chi connectivity index (χ2n) is 5.82. The van der Waals surface area contributed by atoms with E-state index in [0.29, 0.717) is 11.3 Å². The van der Waals surface area contributed by atoms with Crippen LogP contribution < -0.4 is 0 Å². The van der Waals surface area contributed by atoms with Crippen LogP contribution in [0.2, 0.25) is 19.6 Å². The Morgan fingerprint density at radius 3 is 1.81 bits per heavy atom. The molecule has 0 spiro atoms. The predicted molar refractivity (Wildman–Crippen MR) is 89.6 cm³/mol. The molecule has 2 aromatic carbocycles. The maximum absolute atomic E-state index is 12.4. The molecule has 108 valence electrons. The summed E-state index contributed by atoms with van der Waals surface area (Å²) in [4.78, 5) is 12.4. The zero-order chi connectivity index (χ0) is 15.3. The number of ketones is 1. The largest absolute Gasteiger partial charge is 0.544 e. The summed E-state index contributed by atoms with van der Waals surface area (Å²) in [5, 5.41) is 0. The van der Waals surface area contributed by atoms with Crippen LogP contribution in [0.25, 0.3) is 5.76 Å². The van der Waals surface area contributed by atoms with E-state index in [1.54, 1.807) is 6.08 Å². The van der Waals surface area contributed by atoms with Crippen molar-refractivity contribution in [3.8, 4) is 0 Å². The van der Waals surface area contributed by atoms with Crippen LogP contribution in [0.4, 0.5) is 0 Å². The van der Waals surface area contributed by atoms with Gasteiger partial charge in [0, 0.05) is 17.2 Å². The number of carbonyl (C=O) groups is 1. The van der Waals surface area contributed by atoms with Crippen molar-refractivity contribution in [2.24, 2.45) is 0 Å². The third-order valence-corrected chi connectivity index (χ3v) is 3.63. The molecule has 0 aliphatic heterocycles. The summed E-state index contributed by atoms with van der Waals surface area (Å²) in [5.41, 5.74) is 1.61. The van der Waals surface area contributed by atoms with Crippen molar-refractivity contribution in [3.63, 3.8) is 0 Å². The Hall–Kier alpha value is -2.13. The molecule has 0 aliphatic carbocycles. The lowest BCUT2D eigenvalue weighted by Crippen LogP contribution is -2.24. The molecule has 0 aromatic heterocycles. The SMILES string of the molecule is C[Si](C)(C)O/C(=C\C(=O)c1ccccc1)c1ccccc1. The van der Waals surface area contributed by atoms with E-state index in [2.05, 4.69) is 19.6 Å². The van der Waals surface area contributed by atoms with Crippen LogP contribution in [0.5, 0.6) is 0 Å². The number of carbonyl (C=O) groups excluding carboxylic acids is 1. The first-order chi connectivity index (χ1) is 9.96. The van der Waals surface area contributed by atoms with Gasteiger partial charge < -0.3 is 4.43 Å². The lowest BCUT2D eigenvalue weighted by molar-refractivity contribution is 0.104. The van der Waals surface area contributed by atoms with Crippen molar-refractivity contribution in [2.45, 2.75) is 19.6 Å². The van der Waals surface area contributed by atoms with Gasteiger partial charge >= 0.3 is 0 Å². The predicted octanol–water partition coefficient (Wildman–Crippen LogP) is 4.76. The van der Waals surface area contributed by atoms with E-state index in [4.69, 9.17) is 4.43 Å². The topological polar surface area (TPSA) is 26.3 Å². The van der Waals surface area contributed by atoms with Crippen LogP contribution in [0.1, 0.15) is 15.9 Å². The van der Waals surface area contributed by atoms with Crippen molar-refractivity contribution in [3.05, 3.63) is 77.9 Å². The van der Waals surface area contributed by atoms with Gasteiger partial charge in [0.05, 0.1) is 0 Å². The Morgan fingerprint density at radius 1 is 0.857 bits per heavy atom. The smallest absolute Gasteiger partial charge is 0.242 e. The third kappa shape index (κ3) is 4.72. The van der Waals surface area contributed by atoms with Crippen LogP contribution in [0, 0.1) is 0 Å². The molecule has 0 amide bonds. The van der Waals surface area contributed by atoms with Gasteiger partial charge in [-0.25, -0.2) is 0 Å². The van der Waals surface area contributed by atoms with Crippen molar-refractivity contribution in [2.75, 3.05) is 0 Å². The highest BCUT2D eigenvalue weighted by Gasteiger charge is 2.19. The molecule has 0 fully saturated rings. The summed E-state index contributed by atoms with van der Waals surface area (Å²) >= 11 is 0. The number of rotatable bonds is 5. The Labute approximate surface area is 127 Å². The van der Waals surface area contributed by atoms with E-state index in [9.17, 15) is 4.79 Å². The standard InChI is InChI=1S/C18H20O2Si/c1-21(2,3)20-18(16-12-8-5-9-13-16)14-17(19)15-10-6-4-7-11-15/h4-14H,1-3H3/b18-14-. The van der Waals surface area contributed by atoms with E-state index in [-0.39, 0.29) is 5.78 Å². The first-order valence-corrected chi connectivity index (χ1v) is 10.4. The maximum Gasteiger partial charge on any atom is 0.242 e. The van der Waals surface area contributed by atoms with Gasteiger partial charge in [-0.1, -0.05) is 60.7 Å². The molecule has 2 aromatic rings. The average Bonchev–Trinajstić information content (AvgIpc) is 2.47. The fraction of sp³-hybridized carbons (Fsp3) is 0.167. The van der Waals surface area contributed by atoms with E-state index < -0.39 is 8.32 Å². The van der Waals surface area contributed by atoms with Crippen LogP contribution in [-0.4, -0.2) is 14.1 Å². The molecule has 21 heavy (non-hydrogen) atoms. The third-order valence-electron chi connectivity index (χ3n) is 2.79. The molecule has 0 radical (unpaired) electrons. The van der Waals surface area contributed by atoms with Crippen LogP contribution >= 0.6 is 0 Å². The van der Waals surface area contributed by atoms with Crippen molar-refractivity contribution in [1.29, 1.82) is 0 Å². The summed E-state index contributed by atoms with van der Waals surface area (Å²) in [6.45, 7) is 6.32. The summed E-state index contributed by atoms with van der Waals surface area (Å²) in [6, 6.07) is 19.0. The monoisotopic (exact) mass is 296 g/mol. The molecule has 0 saturated heterocycles. The molecule has 0 bridgehead atoms. The quantitative estimate of drug-likeness (QED) is 0.344. The summed E-state index contributed by atoms with van der Waals surface area (Å²) in [5.74, 6) is 0.622. The second-order valence-corrected chi connectivity index (χ2v) is 10.2. The molecule has 0 N–H and O–H groups in total. The summed E-state index contributed by atoms with van der Waals surface area (Å²) in [7, 11) is -1.79. The molecule has 2 rings (SSSR count). The Kier molecular flexibility index (Phi) is 4.76. The summed E-state index contributed by atoms with van der Waals surface area (Å²) < 4.78 is 6.10. The molecule has 2 nitrogen and oxygen atoms in total.